The topological polar surface area (TPSA) is 43.9 Å². The first-order valence-corrected chi connectivity index (χ1v) is 24.5. The van der Waals surface area contributed by atoms with E-state index in [0.717, 1.165) is 55.6 Å². The first-order valence-electron chi connectivity index (χ1n) is 24.5. The average molecular weight is 1120 g/mol. The number of halogens is 1. The van der Waals surface area contributed by atoms with Gasteiger partial charge in [-0.2, -0.15) is 0 Å². The Morgan fingerprint density at radius 3 is 1.96 bits per heavy atom. The van der Waals surface area contributed by atoms with Crippen LogP contribution in [-0.2, 0) is 25.5 Å². The van der Waals surface area contributed by atoms with Gasteiger partial charge in [-0.15, -0.1) is 48.0 Å². The van der Waals surface area contributed by atoms with Crippen molar-refractivity contribution < 1.29 is 28.9 Å². The number of fused-ring (bicyclic) bond motifs is 7. The smallest absolute Gasteiger partial charge is 0.121 e. The molecule has 0 aliphatic rings. The summed E-state index contributed by atoms with van der Waals surface area (Å²) in [6, 6.07) is 69.4. The van der Waals surface area contributed by atoms with Crippen LogP contribution in [-0.4, -0.2) is 14.5 Å². The van der Waals surface area contributed by atoms with Gasteiger partial charge in [0.15, 0.2) is 0 Å². The minimum absolute atomic E-state index is 0. The van der Waals surface area contributed by atoms with E-state index in [2.05, 4.69) is 216 Å². The summed E-state index contributed by atoms with van der Waals surface area (Å²) < 4.78 is 22.1. The van der Waals surface area contributed by atoms with Crippen LogP contribution >= 0.6 is 0 Å². The molecule has 357 valence electrons. The van der Waals surface area contributed by atoms with Crippen LogP contribution < -0.4 is 0 Å². The molecule has 0 aliphatic carbocycles. The second kappa shape index (κ2) is 19.6. The van der Waals surface area contributed by atoms with Crippen LogP contribution in [0.3, 0.4) is 0 Å². The summed E-state index contributed by atoms with van der Waals surface area (Å²) >= 11 is 0. The number of hydrogen-bond donors (Lipinski definition) is 0. The molecule has 6 heteroatoms. The molecule has 12 rings (SSSR count). The fraction of sp³-hybridized carbons (Fsp3) is 0.152. The third-order valence-electron chi connectivity index (χ3n) is 13.7. The molecule has 0 amide bonds. The first-order chi connectivity index (χ1) is 34.4. The van der Waals surface area contributed by atoms with Crippen molar-refractivity contribution in [3.05, 3.63) is 223 Å². The van der Waals surface area contributed by atoms with E-state index >= 15 is 0 Å². The van der Waals surface area contributed by atoms with Crippen molar-refractivity contribution in [1.82, 2.24) is 14.5 Å². The van der Waals surface area contributed by atoms with Gasteiger partial charge in [0.2, 0.25) is 0 Å². The monoisotopic (exact) mass is 1120 g/mol. The normalized spacial score (nSPS) is 11.8. The van der Waals surface area contributed by atoms with E-state index < -0.39 is 0 Å². The molecule has 4 nitrogen and oxygen atoms in total. The minimum atomic E-state index is -0.277. The number of imidazole rings is 1. The van der Waals surface area contributed by atoms with Crippen molar-refractivity contribution in [2.75, 3.05) is 0 Å². The molecule has 9 aromatic carbocycles. The first kappa shape index (κ1) is 48.1. The molecule has 72 heavy (non-hydrogen) atoms. The Balaban J connectivity index is 0.000000282. The van der Waals surface area contributed by atoms with E-state index in [1.165, 1.54) is 78.3 Å². The van der Waals surface area contributed by atoms with E-state index in [9.17, 15) is 4.39 Å². The molecule has 0 aliphatic heterocycles. The van der Waals surface area contributed by atoms with Gasteiger partial charge in [-0.3, -0.25) is 9.37 Å². The maximum Gasteiger partial charge on any atom is 0.121 e. The predicted molar refractivity (Wildman–Crippen MR) is 294 cm³/mol. The van der Waals surface area contributed by atoms with E-state index in [0.29, 0.717) is 0 Å². The molecule has 3 aromatic heterocycles. The van der Waals surface area contributed by atoms with E-state index in [1.54, 1.807) is 12.3 Å². The van der Waals surface area contributed by atoms with Gasteiger partial charge in [-0.05, 0) is 126 Å². The summed E-state index contributed by atoms with van der Waals surface area (Å²) in [5.41, 5.74) is 16.1. The molecule has 1 radical (unpaired) electrons. The zero-order valence-electron chi connectivity index (χ0n) is 41.5. The number of rotatable bonds is 7. The summed E-state index contributed by atoms with van der Waals surface area (Å²) in [6.45, 7) is 15.6. The predicted octanol–water partition coefficient (Wildman–Crippen LogP) is 18.3. The van der Waals surface area contributed by atoms with E-state index in [-0.39, 0.29) is 43.2 Å². The SMILES string of the molecule is CC(C)(C)c1ccnc(-c2[c-]cc(F)cc2)c1.CC(C)c1cc(-c2ccc(-c3ccccc3)cc2)cc(C(C)C)c1-n1c(-c2[c-]ccc3c2oc2cc4c(ccc5ccccc54)cc23)nc2ccccc21.[Ir]. The number of aromatic nitrogens is 3. The van der Waals surface area contributed by atoms with Crippen molar-refractivity contribution in [2.24, 2.45) is 0 Å². The number of para-hydroxylation sites is 2. The zero-order chi connectivity index (χ0) is 49.0. The standard InChI is InChI=1S/C51H39N2O.C15H15FN.Ir/c1-31(2)42-28-38(35-23-21-34(22-24-35)33-13-6-5-7-14-33)29-43(32(3)4)49(42)53-47-20-11-10-19-46(47)52-51(53)41-18-12-17-40-45-27-37-26-25-36-15-8-9-16-39(36)44(37)30-48(45)54-50(40)41;1-15(2,3)12-8-9-17-14(10-12)11-4-6-13(16)7-5-11;/h5-17,19-32H,1-4H3;4,6-10H,1-3H3;/q2*-1;. The Morgan fingerprint density at radius 1 is 0.583 bits per heavy atom. The fourth-order valence-corrected chi connectivity index (χ4v) is 9.91. The Kier molecular flexibility index (Phi) is 13.1. The third kappa shape index (κ3) is 9.06. The minimum Gasteiger partial charge on any atom is -0.501 e. The van der Waals surface area contributed by atoms with Crippen molar-refractivity contribution in [3.63, 3.8) is 0 Å². The third-order valence-corrected chi connectivity index (χ3v) is 13.7. The van der Waals surface area contributed by atoms with Crippen molar-refractivity contribution >= 4 is 54.5 Å². The Bertz CT molecular complexity index is 3890. The number of furan rings is 1. The maximum atomic E-state index is 12.8. The molecular formula is C66H54FIrN3O-2. The van der Waals surface area contributed by atoms with Crippen LogP contribution in [0.15, 0.2) is 193 Å². The Labute approximate surface area is 434 Å². The van der Waals surface area contributed by atoms with Crippen LogP contribution in [0.5, 0.6) is 0 Å². The van der Waals surface area contributed by atoms with Gasteiger partial charge in [0.1, 0.15) is 5.58 Å². The molecule has 0 spiro atoms. The quantitative estimate of drug-likeness (QED) is 0.118. The summed E-state index contributed by atoms with van der Waals surface area (Å²) in [5.74, 6) is 1.06. The Morgan fingerprint density at radius 2 is 1.25 bits per heavy atom. The zero-order valence-corrected chi connectivity index (χ0v) is 43.9. The molecule has 0 saturated carbocycles. The van der Waals surface area contributed by atoms with E-state index in [1.807, 2.05) is 18.2 Å². The van der Waals surface area contributed by atoms with Crippen LogP contribution in [0.4, 0.5) is 4.39 Å². The van der Waals surface area contributed by atoms with Crippen molar-refractivity contribution in [3.8, 4) is 50.6 Å². The van der Waals surface area contributed by atoms with Gasteiger partial charge >= 0.3 is 0 Å². The second-order valence-electron chi connectivity index (χ2n) is 20.2. The number of hydrogen-bond acceptors (Lipinski definition) is 3. The second-order valence-corrected chi connectivity index (χ2v) is 20.2. The van der Waals surface area contributed by atoms with Crippen LogP contribution in [0.2, 0.25) is 0 Å². The van der Waals surface area contributed by atoms with Crippen LogP contribution in [0.25, 0.3) is 105 Å². The summed E-state index contributed by atoms with van der Waals surface area (Å²) in [7, 11) is 0. The number of pyridine rings is 1. The summed E-state index contributed by atoms with van der Waals surface area (Å²) in [5, 5.41) is 7.00. The molecule has 0 N–H and O–H groups in total. The van der Waals surface area contributed by atoms with Crippen LogP contribution in [0, 0.1) is 17.9 Å². The van der Waals surface area contributed by atoms with Gasteiger partial charge in [-0.1, -0.05) is 169 Å². The Hall–Kier alpha value is -7.50. The average Bonchev–Trinajstić information content (AvgIpc) is 3.96. The summed E-state index contributed by atoms with van der Waals surface area (Å²) in [6.07, 6.45) is 1.78. The molecule has 0 bridgehead atoms. The van der Waals surface area contributed by atoms with Crippen molar-refractivity contribution in [1.29, 1.82) is 0 Å². The number of benzene rings is 9. The molecular weight excluding hydrogens is 1060 g/mol. The van der Waals surface area contributed by atoms with Gasteiger partial charge in [0, 0.05) is 43.2 Å². The molecule has 0 atom stereocenters. The molecule has 12 aromatic rings. The largest absolute Gasteiger partial charge is 0.501 e. The number of nitrogens with zero attached hydrogens (tertiary/aromatic N) is 3. The van der Waals surface area contributed by atoms with Gasteiger partial charge < -0.3 is 14.0 Å². The fourth-order valence-electron chi connectivity index (χ4n) is 9.91. The van der Waals surface area contributed by atoms with Gasteiger partial charge in [-0.25, -0.2) is 0 Å². The van der Waals surface area contributed by atoms with Gasteiger partial charge in [0.25, 0.3) is 0 Å². The summed E-state index contributed by atoms with van der Waals surface area (Å²) in [4.78, 5) is 9.67. The molecule has 0 unspecified atom stereocenters. The molecule has 3 heterocycles. The molecule has 0 fully saturated rings. The molecule has 0 saturated heterocycles. The van der Waals surface area contributed by atoms with Crippen LogP contribution in [0.1, 0.15) is 77.0 Å². The maximum absolute atomic E-state index is 12.8. The van der Waals surface area contributed by atoms with Gasteiger partial charge in [0.05, 0.1) is 22.4 Å². The van der Waals surface area contributed by atoms with E-state index in [4.69, 9.17) is 9.40 Å². The van der Waals surface area contributed by atoms with Crippen molar-refractivity contribution in [2.45, 2.75) is 65.7 Å².